The molecule has 0 bridgehead atoms. The summed E-state index contributed by atoms with van der Waals surface area (Å²) >= 11 is 6.20. The van der Waals surface area contributed by atoms with Gasteiger partial charge >= 0.3 is 0 Å². The second-order valence-electron chi connectivity index (χ2n) is 6.58. The summed E-state index contributed by atoms with van der Waals surface area (Å²) in [4.78, 5) is 6.70. The van der Waals surface area contributed by atoms with Crippen LogP contribution in [0.2, 0.25) is 5.02 Å². The second kappa shape index (κ2) is 10.3. The SMILES string of the molecule is CN=C(NCc1ccc(CN2CCOCC2)cc1)NCc1ccccc1Cl. The molecule has 0 aromatic heterocycles. The normalized spacial score (nSPS) is 15.6. The van der Waals surface area contributed by atoms with E-state index < -0.39 is 0 Å². The summed E-state index contributed by atoms with van der Waals surface area (Å²) in [7, 11) is 1.77. The summed E-state index contributed by atoms with van der Waals surface area (Å²) in [5.74, 6) is 0.757. The van der Waals surface area contributed by atoms with Crippen molar-refractivity contribution < 1.29 is 4.74 Å². The molecule has 0 aliphatic carbocycles. The maximum absolute atomic E-state index is 6.20. The average Bonchev–Trinajstić information content (AvgIpc) is 2.71. The summed E-state index contributed by atoms with van der Waals surface area (Å²) in [6, 6.07) is 16.6. The van der Waals surface area contributed by atoms with Gasteiger partial charge in [-0.2, -0.15) is 0 Å². The highest BCUT2D eigenvalue weighted by Crippen LogP contribution is 2.14. The number of aliphatic imine (C=N–C) groups is 1. The molecule has 0 amide bonds. The van der Waals surface area contributed by atoms with Crippen molar-refractivity contribution in [1.82, 2.24) is 15.5 Å². The number of morpholine rings is 1. The maximum Gasteiger partial charge on any atom is 0.191 e. The zero-order chi connectivity index (χ0) is 18.9. The third-order valence-electron chi connectivity index (χ3n) is 4.62. The van der Waals surface area contributed by atoms with Gasteiger partial charge in [-0.1, -0.05) is 54.1 Å². The molecule has 27 heavy (non-hydrogen) atoms. The number of nitrogens with zero attached hydrogens (tertiary/aromatic N) is 2. The smallest absolute Gasteiger partial charge is 0.191 e. The Hall–Kier alpha value is -2.08. The van der Waals surface area contributed by atoms with Crippen LogP contribution in [0.25, 0.3) is 0 Å². The first-order chi connectivity index (χ1) is 13.2. The van der Waals surface area contributed by atoms with Gasteiger partial charge in [0.05, 0.1) is 13.2 Å². The number of benzene rings is 2. The number of hydrogen-bond donors (Lipinski definition) is 2. The molecule has 1 aliphatic rings. The van der Waals surface area contributed by atoms with Gasteiger partial charge < -0.3 is 15.4 Å². The number of hydrogen-bond acceptors (Lipinski definition) is 3. The van der Waals surface area contributed by atoms with E-state index >= 15 is 0 Å². The van der Waals surface area contributed by atoms with Crippen molar-refractivity contribution in [3.63, 3.8) is 0 Å². The van der Waals surface area contributed by atoms with Gasteiger partial charge in [-0.05, 0) is 22.8 Å². The Kier molecular flexibility index (Phi) is 7.51. The molecule has 2 N–H and O–H groups in total. The van der Waals surface area contributed by atoms with E-state index in [0.29, 0.717) is 6.54 Å². The van der Waals surface area contributed by atoms with Crippen LogP contribution in [0.15, 0.2) is 53.5 Å². The van der Waals surface area contributed by atoms with Crippen LogP contribution in [0, 0.1) is 0 Å². The molecule has 1 saturated heterocycles. The van der Waals surface area contributed by atoms with Crippen LogP contribution in [0.4, 0.5) is 0 Å². The van der Waals surface area contributed by atoms with Crippen molar-refractivity contribution in [3.05, 3.63) is 70.2 Å². The molecule has 5 nitrogen and oxygen atoms in total. The number of halogens is 1. The van der Waals surface area contributed by atoms with E-state index in [1.807, 2.05) is 24.3 Å². The lowest BCUT2D eigenvalue weighted by molar-refractivity contribution is 0.0342. The predicted octanol–water partition coefficient (Wildman–Crippen LogP) is 3.04. The Labute approximate surface area is 166 Å². The molecule has 0 atom stereocenters. The minimum absolute atomic E-state index is 0.637. The lowest BCUT2D eigenvalue weighted by Crippen LogP contribution is -2.36. The van der Waals surface area contributed by atoms with Crippen LogP contribution in [-0.4, -0.2) is 44.2 Å². The zero-order valence-corrected chi connectivity index (χ0v) is 16.5. The number of nitrogens with one attached hydrogen (secondary N) is 2. The van der Waals surface area contributed by atoms with Crippen molar-refractivity contribution in [2.75, 3.05) is 33.4 Å². The first-order valence-corrected chi connectivity index (χ1v) is 9.68. The van der Waals surface area contributed by atoms with Gasteiger partial charge in [0.1, 0.15) is 0 Å². The highest BCUT2D eigenvalue weighted by Gasteiger charge is 2.10. The Morgan fingerprint density at radius 1 is 1.00 bits per heavy atom. The Morgan fingerprint density at radius 3 is 2.37 bits per heavy atom. The molecule has 6 heteroatoms. The van der Waals surface area contributed by atoms with Gasteiger partial charge in [0.25, 0.3) is 0 Å². The van der Waals surface area contributed by atoms with Gasteiger partial charge in [0.2, 0.25) is 0 Å². The molecule has 144 valence electrons. The highest BCUT2D eigenvalue weighted by atomic mass is 35.5. The topological polar surface area (TPSA) is 48.9 Å². The molecular weight excluding hydrogens is 360 g/mol. The molecule has 0 radical (unpaired) electrons. The predicted molar refractivity (Wildman–Crippen MR) is 111 cm³/mol. The fourth-order valence-electron chi connectivity index (χ4n) is 3.01. The molecule has 3 rings (SSSR count). The van der Waals surface area contributed by atoms with Crippen molar-refractivity contribution in [2.45, 2.75) is 19.6 Å². The maximum atomic E-state index is 6.20. The van der Waals surface area contributed by atoms with E-state index in [1.54, 1.807) is 7.05 Å². The van der Waals surface area contributed by atoms with Gasteiger partial charge in [0, 0.05) is 44.8 Å². The highest BCUT2D eigenvalue weighted by molar-refractivity contribution is 6.31. The van der Waals surface area contributed by atoms with Gasteiger partial charge in [0.15, 0.2) is 5.96 Å². The standard InChI is InChI=1S/C21H27ClN4O/c1-23-21(25-15-19-4-2-3-5-20(19)22)24-14-17-6-8-18(9-7-17)16-26-10-12-27-13-11-26/h2-9H,10-16H2,1H3,(H2,23,24,25). The van der Waals surface area contributed by atoms with Crippen molar-refractivity contribution in [2.24, 2.45) is 4.99 Å². The van der Waals surface area contributed by atoms with E-state index in [1.165, 1.54) is 11.1 Å². The van der Waals surface area contributed by atoms with Gasteiger partial charge in [-0.25, -0.2) is 0 Å². The molecule has 1 fully saturated rings. The van der Waals surface area contributed by atoms with E-state index in [-0.39, 0.29) is 0 Å². The fourth-order valence-corrected chi connectivity index (χ4v) is 3.21. The van der Waals surface area contributed by atoms with Crippen LogP contribution in [0.3, 0.4) is 0 Å². The Morgan fingerprint density at radius 2 is 1.67 bits per heavy atom. The van der Waals surface area contributed by atoms with Crippen molar-refractivity contribution in [1.29, 1.82) is 0 Å². The fraction of sp³-hybridized carbons (Fsp3) is 0.381. The van der Waals surface area contributed by atoms with Crippen molar-refractivity contribution in [3.8, 4) is 0 Å². The van der Waals surface area contributed by atoms with Crippen LogP contribution in [-0.2, 0) is 24.4 Å². The summed E-state index contributed by atoms with van der Waals surface area (Å²) < 4.78 is 5.40. The number of rotatable bonds is 6. The minimum atomic E-state index is 0.637. The molecule has 1 heterocycles. The Balaban J connectivity index is 1.46. The van der Waals surface area contributed by atoms with Crippen LogP contribution in [0.5, 0.6) is 0 Å². The second-order valence-corrected chi connectivity index (χ2v) is 6.98. The molecule has 2 aromatic carbocycles. The summed E-state index contributed by atoms with van der Waals surface area (Å²) in [6.45, 7) is 6.04. The van der Waals surface area contributed by atoms with Crippen molar-refractivity contribution >= 4 is 17.6 Å². The monoisotopic (exact) mass is 386 g/mol. The number of ether oxygens (including phenoxy) is 1. The van der Waals surface area contributed by atoms with E-state index in [4.69, 9.17) is 16.3 Å². The molecule has 0 spiro atoms. The summed E-state index contributed by atoms with van der Waals surface area (Å²) in [6.07, 6.45) is 0. The van der Waals surface area contributed by atoms with E-state index in [0.717, 1.165) is 55.9 Å². The first kappa shape index (κ1) is 19.7. The third kappa shape index (κ3) is 6.24. The molecule has 0 saturated carbocycles. The summed E-state index contributed by atoms with van der Waals surface area (Å²) in [5.41, 5.74) is 3.61. The van der Waals surface area contributed by atoms with Gasteiger partial charge in [-0.3, -0.25) is 9.89 Å². The van der Waals surface area contributed by atoms with Crippen LogP contribution in [0.1, 0.15) is 16.7 Å². The summed E-state index contributed by atoms with van der Waals surface area (Å²) in [5, 5.41) is 7.40. The minimum Gasteiger partial charge on any atom is -0.379 e. The third-order valence-corrected chi connectivity index (χ3v) is 4.99. The molecule has 0 unspecified atom stereocenters. The quantitative estimate of drug-likeness (QED) is 0.591. The average molecular weight is 387 g/mol. The zero-order valence-electron chi connectivity index (χ0n) is 15.7. The Bertz CT molecular complexity index is 742. The van der Waals surface area contributed by atoms with E-state index in [2.05, 4.69) is 44.8 Å². The van der Waals surface area contributed by atoms with Crippen LogP contribution < -0.4 is 10.6 Å². The van der Waals surface area contributed by atoms with Gasteiger partial charge in [-0.15, -0.1) is 0 Å². The lowest BCUT2D eigenvalue weighted by atomic mass is 10.1. The molecular formula is C21H27ClN4O. The largest absolute Gasteiger partial charge is 0.379 e. The molecule has 2 aromatic rings. The lowest BCUT2D eigenvalue weighted by Gasteiger charge is -2.26. The molecule has 1 aliphatic heterocycles. The first-order valence-electron chi connectivity index (χ1n) is 9.30. The van der Waals surface area contributed by atoms with E-state index in [9.17, 15) is 0 Å². The number of guanidine groups is 1. The van der Waals surface area contributed by atoms with Crippen LogP contribution >= 0.6 is 11.6 Å².